The van der Waals surface area contributed by atoms with E-state index in [1.54, 1.807) is 23.0 Å². The van der Waals surface area contributed by atoms with Crippen molar-refractivity contribution >= 4 is 28.6 Å². The zero-order valence-electron chi connectivity index (χ0n) is 14.8. The first-order valence-electron chi connectivity index (χ1n) is 8.55. The van der Waals surface area contributed by atoms with E-state index in [1.165, 1.54) is 11.8 Å². The zero-order chi connectivity index (χ0) is 18.5. The molecular weight excluding hydrogens is 350 g/mol. The molecule has 1 aromatic carbocycles. The minimum absolute atomic E-state index is 0.0655. The highest BCUT2D eigenvalue weighted by Gasteiger charge is 2.15. The SMILES string of the molecule is CCCn1c(SCC(=O)N[C@@H](C)c2ccco2)nc2ccccc2c1=O. The van der Waals surface area contributed by atoms with Crippen LogP contribution in [0, 0.1) is 0 Å². The fourth-order valence-corrected chi connectivity index (χ4v) is 3.54. The molecule has 0 saturated heterocycles. The van der Waals surface area contributed by atoms with Gasteiger partial charge in [-0.25, -0.2) is 4.98 Å². The van der Waals surface area contributed by atoms with Crippen molar-refractivity contribution in [3.05, 3.63) is 58.8 Å². The van der Waals surface area contributed by atoms with E-state index < -0.39 is 0 Å². The summed E-state index contributed by atoms with van der Waals surface area (Å²) in [6.45, 7) is 4.44. The summed E-state index contributed by atoms with van der Waals surface area (Å²) in [7, 11) is 0. The quantitative estimate of drug-likeness (QED) is 0.509. The van der Waals surface area contributed by atoms with Crippen LogP contribution in [-0.4, -0.2) is 21.2 Å². The molecule has 2 aromatic heterocycles. The van der Waals surface area contributed by atoms with Gasteiger partial charge in [0.1, 0.15) is 5.76 Å². The third-order valence-corrected chi connectivity index (χ3v) is 4.93. The van der Waals surface area contributed by atoms with Gasteiger partial charge in [-0.15, -0.1) is 0 Å². The van der Waals surface area contributed by atoms with Gasteiger partial charge in [0.2, 0.25) is 5.91 Å². The molecule has 0 aliphatic carbocycles. The Morgan fingerprint density at radius 2 is 2.12 bits per heavy atom. The number of aromatic nitrogens is 2. The molecule has 0 bridgehead atoms. The standard InChI is InChI=1S/C19H21N3O3S/c1-3-10-22-18(24)14-7-4-5-8-15(14)21-19(22)26-12-17(23)20-13(2)16-9-6-11-25-16/h4-9,11,13H,3,10,12H2,1-2H3,(H,20,23)/t13-/m0/s1. The highest BCUT2D eigenvalue weighted by atomic mass is 32.2. The maximum Gasteiger partial charge on any atom is 0.262 e. The molecule has 3 rings (SSSR count). The van der Waals surface area contributed by atoms with Crippen LogP contribution in [0.1, 0.15) is 32.1 Å². The molecule has 0 fully saturated rings. The largest absolute Gasteiger partial charge is 0.467 e. The fourth-order valence-electron chi connectivity index (χ4n) is 2.70. The summed E-state index contributed by atoms with van der Waals surface area (Å²) in [6, 6.07) is 10.7. The van der Waals surface area contributed by atoms with Crippen LogP contribution >= 0.6 is 11.8 Å². The number of benzene rings is 1. The molecule has 1 N–H and O–H groups in total. The summed E-state index contributed by atoms with van der Waals surface area (Å²) in [5, 5.41) is 4.05. The second-order valence-electron chi connectivity index (χ2n) is 5.96. The van der Waals surface area contributed by atoms with E-state index in [1.807, 2.05) is 38.1 Å². The van der Waals surface area contributed by atoms with Crippen molar-refractivity contribution < 1.29 is 9.21 Å². The molecule has 2 heterocycles. The van der Waals surface area contributed by atoms with Gasteiger partial charge in [-0.05, 0) is 37.6 Å². The number of hydrogen-bond donors (Lipinski definition) is 1. The predicted molar refractivity (Wildman–Crippen MR) is 102 cm³/mol. The monoisotopic (exact) mass is 371 g/mol. The molecule has 7 heteroatoms. The number of fused-ring (bicyclic) bond motifs is 1. The average molecular weight is 371 g/mol. The van der Waals surface area contributed by atoms with Crippen LogP contribution in [0.5, 0.6) is 0 Å². The maximum atomic E-state index is 12.7. The van der Waals surface area contributed by atoms with Gasteiger partial charge in [0.15, 0.2) is 5.16 Å². The van der Waals surface area contributed by atoms with Crippen LogP contribution < -0.4 is 10.9 Å². The number of thioether (sulfide) groups is 1. The van der Waals surface area contributed by atoms with Crippen molar-refractivity contribution in [1.29, 1.82) is 0 Å². The van der Waals surface area contributed by atoms with Crippen molar-refractivity contribution in [2.24, 2.45) is 0 Å². The lowest BCUT2D eigenvalue weighted by Gasteiger charge is -2.13. The number of hydrogen-bond acceptors (Lipinski definition) is 5. The molecule has 26 heavy (non-hydrogen) atoms. The molecule has 0 spiro atoms. The number of carbonyl (C=O) groups excluding carboxylic acids is 1. The number of rotatable bonds is 7. The minimum Gasteiger partial charge on any atom is -0.467 e. The summed E-state index contributed by atoms with van der Waals surface area (Å²) in [4.78, 5) is 29.5. The van der Waals surface area contributed by atoms with E-state index in [9.17, 15) is 9.59 Å². The van der Waals surface area contributed by atoms with E-state index in [4.69, 9.17) is 4.42 Å². The maximum absolute atomic E-state index is 12.7. The summed E-state index contributed by atoms with van der Waals surface area (Å²) >= 11 is 1.27. The summed E-state index contributed by atoms with van der Waals surface area (Å²) in [5.41, 5.74) is 0.584. The normalized spacial score (nSPS) is 12.2. The number of para-hydroxylation sites is 1. The van der Waals surface area contributed by atoms with Gasteiger partial charge in [0.25, 0.3) is 5.56 Å². The van der Waals surface area contributed by atoms with E-state index in [2.05, 4.69) is 10.3 Å². The van der Waals surface area contributed by atoms with Gasteiger partial charge in [0, 0.05) is 6.54 Å². The number of furan rings is 1. The molecule has 3 aromatic rings. The third-order valence-electron chi connectivity index (χ3n) is 3.95. The zero-order valence-corrected chi connectivity index (χ0v) is 15.6. The first-order valence-corrected chi connectivity index (χ1v) is 9.54. The Labute approximate surface area is 155 Å². The van der Waals surface area contributed by atoms with E-state index in [0.717, 1.165) is 6.42 Å². The Morgan fingerprint density at radius 3 is 2.85 bits per heavy atom. The Balaban J connectivity index is 1.76. The van der Waals surface area contributed by atoms with Gasteiger partial charge < -0.3 is 9.73 Å². The predicted octanol–water partition coefficient (Wildman–Crippen LogP) is 3.37. The van der Waals surface area contributed by atoms with E-state index >= 15 is 0 Å². The molecular formula is C19H21N3O3S. The Morgan fingerprint density at radius 1 is 1.31 bits per heavy atom. The van der Waals surface area contributed by atoms with Crippen LogP contribution in [-0.2, 0) is 11.3 Å². The van der Waals surface area contributed by atoms with Crippen LogP contribution in [0.4, 0.5) is 0 Å². The number of nitrogens with zero attached hydrogens (tertiary/aromatic N) is 2. The second-order valence-corrected chi connectivity index (χ2v) is 6.90. The molecule has 0 aliphatic heterocycles. The Hall–Kier alpha value is -2.54. The summed E-state index contributed by atoms with van der Waals surface area (Å²) in [5.74, 6) is 0.749. The Kier molecular flexibility index (Phi) is 5.78. The van der Waals surface area contributed by atoms with Crippen LogP contribution in [0.2, 0.25) is 0 Å². The molecule has 0 unspecified atom stereocenters. The van der Waals surface area contributed by atoms with Gasteiger partial charge in [-0.3, -0.25) is 14.2 Å². The average Bonchev–Trinajstić information content (AvgIpc) is 3.17. The molecule has 136 valence electrons. The highest BCUT2D eigenvalue weighted by Crippen LogP contribution is 2.19. The third kappa shape index (κ3) is 3.99. The lowest BCUT2D eigenvalue weighted by molar-refractivity contribution is -0.119. The fraction of sp³-hybridized carbons (Fsp3) is 0.316. The van der Waals surface area contributed by atoms with Crippen molar-refractivity contribution in [3.63, 3.8) is 0 Å². The van der Waals surface area contributed by atoms with Crippen molar-refractivity contribution in [2.75, 3.05) is 5.75 Å². The topological polar surface area (TPSA) is 77.1 Å². The smallest absolute Gasteiger partial charge is 0.262 e. The van der Waals surface area contributed by atoms with Gasteiger partial charge in [-0.2, -0.15) is 0 Å². The molecule has 0 radical (unpaired) electrons. The number of nitrogens with one attached hydrogen (secondary N) is 1. The molecule has 1 amide bonds. The number of amides is 1. The molecule has 0 aliphatic rings. The molecule has 6 nitrogen and oxygen atoms in total. The summed E-state index contributed by atoms with van der Waals surface area (Å²) in [6.07, 6.45) is 2.39. The Bertz CT molecular complexity index is 950. The lowest BCUT2D eigenvalue weighted by atomic mass is 10.2. The van der Waals surface area contributed by atoms with Crippen molar-refractivity contribution in [2.45, 2.75) is 38.0 Å². The molecule has 0 saturated carbocycles. The van der Waals surface area contributed by atoms with E-state index in [-0.39, 0.29) is 23.3 Å². The van der Waals surface area contributed by atoms with Gasteiger partial charge in [0.05, 0.1) is 29.0 Å². The van der Waals surface area contributed by atoms with Crippen molar-refractivity contribution in [1.82, 2.24) is 14.9 Å². The van der Waals surface area contributed by atoms with Crippen LogP contribution in [0.15, 0.2) is 57.0 Å². The molecule has 1 atom stereocenters. The van der Waals surface area contributed by atoms with Gasteiger partial charge in [-0.1, -0.05) is 30.8 Å². The van der Waals surface area contributed by atoms with Crippen LogP contribution in [0.3, 0.4) is 0 Å². The highest BCUT2D eigenvalue weighted by molar-refractivity contribution is 7.99. The summed E-state index contributed by atoms with van der Waals surface area (Å²) < 4.78 is 6.94. The minimum atomic E-state index is -0.208. The number of carbonyl (C=O) groups is 1. The van der Waals surface area contributed by atoms with Crippen LogP contribution in [0.25, 0.3) is 10.9 Å². The first-order chi connectivity index (χ1) is 12.6. The van der Waals surface area contributed by atoms with E-state index in [0.29, 0.717) is 28.4 Å². The first kappa shape index (κ1) is 18.3. The van der Waals surface area contributed by atoms with Gasteiger partial charge >= 0.3 is 0 Å². The lowest BCUT2D eigenvalue weighted by Crippen LogP contribution is -2.29. The van der Waals surface area contributed by atoms with Crippen molar-refractivity contribution in [3.8, 4) is 0 Å². The second kappa shape index (κ2) is 8.23.